The second kappa shape index (κ2) is 9.00. The van der Waals surface area contributed by atoms with Crippen LogP contribution < -0.4 is 10.1 Å². The van der Waals surface area contributed by atoms with Crippen LogP contribution >= 0.6 is 12.4 Å². The predicted molar refractivity (Wildman–Crippen MR) is 120 cm³/mol. The number of benzene rings is 2. The summed E-state index contributed by atoms with van der Waals surface area (Å²) >= 11 is 0. The van der Waals surface area contributed by atoms with Crippen LogP contribution in [0.1, 0.15) is 12.6 Å². The molecule has 4 aromatic rings. The number of aryl methyl sites for hydroxylation is 2. The van der Waals surface area contributed by atoms with Crippen molar-refractivity contribution in [2.24, 2.45) is 7.05 Å². The number of carbonyl (C=O) groups is 1. The smallest absolute Gasteiger partial charge is 0.344 e. The number of hydrogen-bond acceptors (Lipinski definition) is 6. The van der Waals surface area contributed by atoms with E-state index in [4.69, 9.17) is 14.5 Å². The van der Waals surface area contributed by atoms with Crippen molar-refractivity contribution in [2.75, 3.05) is 18.5 Å². The van der Waals surface area contributed by atoms with Gasteiger partial charge in [-0.2, -0.15) is 5.10 Å². The van der Waals surface area contributed by atoms with E-state index in [1.165, 1.54) is 0 Å². The van der Waals surface area contributed by atoms with Crippen LogP contribution in [0.4, 0.5) is 11.4 Å². The summed E-state index contributed by atoms with van der Waals surface area (Å²) in [6, 6.07) is 15.5. The van der Waals surface area contributed by atoms with Crippen LogP contribution in [0.3, 0.4) is 0 Å². The molecule has 1 N–H and O–H groups in total. The SMILES string of the molecule is CCOC(=O)COc1ccc(Nc2c3ccccc3nc3c2c(C)nn3C)cc1.Cl. The minimum absolute atomic E-state index is 0. The highest BCUT2D eigenvalue weighted by Gasteiger charge is 2.15. The summed E-state index contributed by atoms with van der Waals surface area (Å²) in [6.45, 7) is 3.98. The Bertz CT molecular complexity index is 1190. The Kier molecular flexibility index (Phi) is 6.42. The molecule has 0 saturated heterocycles. The van der Waals surface area contributed by atoms with Crippen LogP contribution in [0.2, 0.25) is 0 Å². The first-order valence-electron chi connectivity index (χ1n) is 9.44. The molecule has 2 aromatic heterocycles. The lowest BCUT2D eigenvalue weighted by molar-refractivity contribution is -0.145. The average Bonchev–Trinajstić information content (AvgIpc) is 3.01. The van der Waals surface area contributed by atoms with Gasteiger partial charge in [0, 0.05) is 18.1 Å². The highest BCUT2D eigenvalue weighted by atomic mass is 35.5. The van der Waals surface area contributed by atoms with E-state index in [1.807, 2.05) is 62.5 Å². The highest BCUT2D eigenvalue weighted by molar-refractivity contribution is 6.08. The number of ether oxygens (including phenoxy) is 2. The van der Waals surface area contributed by atoms with E-state index in [1.54, 1.807) is 11.6 Å². The molecule has 0 atom stereocenters. The molecule has 2 heterocycles. The summed E-state index contributed by atoms with van der Waals surface area (Å²) in [5.74, 6) is 0.221. The number of halogens is 1. The fraction of sp³-hybridized carbons (Fsp3) is 0.227. The van der Waals surface area contributed by atoms with E-state index in [0.717, 1.165) is 39.0 Å². The molecule has 0 radical (unpaired) electrons. The summed E-state index contributed by atoms with van der Waals surface area (Å²) in [7, 11) is 1.90. The number of esters is 1. The summed E-state index contributed by atoms with van der Waals surface area (Å²) in [5.41, 5.74) is 4.52. The first kappa shape index (κ1) is 21.4. The van der Waals surface area contributed by atoms with Crippen molar-refractivity contribution in [3.63, 3.8) is 0 Å². The Morgan fingerprint density at radius 1 is 1.13 bits per heavy atom. The molecule has 0 aliphatic heterocycles. The predicted octanol–water partition coefficient (Wildman–Crippen LogP) is 4.54. The zero-order valence-corrected chi connectivity index (χ0v) is 17.8. The Labute approximate surface area is 180 Å². The van der Waals surface area contributed by atoms with E-state index in [9.17, 15) is 4.79 Å². The number of fused-ring (bicyclic) bond motifs is 2. The maximum Gasteiger partial charge on any atom is 0.344 e. The fourth-order valence-electron chi connectivity index (χ4n) is 3.35. The van der Waals surface area contributed by atoms with Crippen LogP contribution in [0, 0.1) is 6.92 Å². The van der Waals surface area contributed by atoms with Crippen molar-refractivity contribution < 1.29 is 14.3 Å². The lowest BCUT2D eigenvalue weighted by atomic mass is 10.1. The van der Waals surface area contributed by atoms with Crippen LogP contribution in [-0.2, 0) is 16.6 Å². The molecule has 7 nitrogen and oxygen atoms in total. The Morgan fingerprint density at radius 3 is 2.60 bits per heavy atom. The molecule has 0 fully saturated rings. The lowest BCUT2D eigenvalue weighted by Gasteiger charge is -2.13. The molecule has 0 saturated carbocycles. The molecule has 156 valence electrons. The van der Waals surface area contributed by atoms with E-state index < -0.39 is 0 Å². The Morgan fingerprint density at radius 2 is 1.87 bits per heavy atom. The van der Waals surface area contributed by atoms with E-state index in [-0.39, 0.29) is 25.0 Å². The van der Waals surface area contributed by atoms with Crippen molar-refractivity contribution in [3.05, 3.63) is 54.2 Å². The van der Waals surface area contributed by atoms with Gasteiger partial charge in [-0.1, -0.05) is 18.2 Å². The normalized spacial score (nSPS) is 10.6. The van der Waals surface area contributed by atoms with E-state index in [2.05, 4.69) is 10.4 Å². The molecular weight excluding hydrogens is 404 g/mol. The topological polar surface area (TPSA) is 78.3 Å². The first-order chi connectivity index (χ1) is 14.1. The maximum absolute atomic E-state index is 11.4. The summed E-state index contributed by atoms with van der Waals surface area (Å²) in [4.78, 5) is 16.2. The first-order valence-corrected chi connectivity index (χ1v) is 9.44. The third-order valence-corrected chi connectivity index (χ3v) is 4.63. The van der Waals surface area contributed by atoms with Crippen LogP contribution in [0.25, 0.3) is 21.9 Å². The Hall–Kier alpha value is -3.32. The van der Waals surface area contributed by atoms with Gasteiger partial charge in [0.25, 0.3) is 0 Å². The van der Waals surface area contributed by atoms with E-state index in [0.29, 0.717) is 12.4 Å². The van der Waals surface area contributed by atoms with Gasteiger partial charge in [-0.15, -0.1) is 12.4 Å². The van der Waals surface area contributed by atoms with Crippen LogP contribution in [0.5, 0.6) is 5.75 Å². The van der Waals surface area contributed by atoms with Crippen molar-refractivity contribution >= 4 is 51.7 Å². The number of pyridine rings is 1. The second-order valence-corrected chi connectivity index (χ2v) is 6.65. The van der Waals surface area contributed by atoms with Gasteiger partial charge in [0.15, 0.2) is 12.3 Å². The number of anilines is 2. The molecule has 0 unspecified atom stereocenters. The maximum atomic E-state index is 11.4. The minimum atomic E-state index is -0.382. The molecular formula is C22H23ClN4O3. The minimum Gasteiger partial charge on any atom is -0.482 e. The highest BCUT2D eigenvalue weighted by Crippen LogP contribution is 2.34. The summed E-state index contributed by atoms with van der Waals surface area (Å²) < 4.78 is 12.1. The molecule has 2 aromatic carbocycles. The molecule has 0 aliphatic rings. The van der Waals surface area contributed by atoms with Gasteiger partial charge in [-0.3, -0.25) is 4.68 Å². The van der Waals surface area contributed by atoms with Crippen molar-refractivity contribution in [3.8, 4) is 5.75 Å². The van der Waals surface area contributed by atoms with Gasteiger partial charge in [-0.05, 0) is 44.2 Å². The third kappa shape index (κ3) is 4.16. The molecule has 8 heteroatoms. The molecule has 4 rings (SSSR count). The van der Waals surface area contributed by atoms with Crippen molar-refractivity contribution in [1.82, 2.24) is 14.8 Å². The quantitative estimate of drug-likeness (QED) is 0.456. The largest absolute Gasteiger partial charge is 0.482 e. The summed E-state index contributed by atoms with van der Waals surface area (Å²) in [6.07, 6.45) is 0. The van der Waals surface area contributed by atoms with Crippen molar-refractivity contribution in [2.45, 2.75) is 13.8 Å². The molecule has 0 aliphatic carbocycles. The number of nitrogens with zero attached hydrogens (tertiary/aromatic N) is 3. The summed E-state index contributed by atoms with van der Waals surface area (Å²) in [5, 5.41) is 10.1. The number of hydrogen-bond donors (Lipinski definition) is 1. The van der Waals surface area contributed by atoms with Gasteiger partial charge >= 0.3 is 5.97 Å². The van der Waals surface area contributed by atoms with Gasteiger partial charge in [0.2, 0.25) is 0 Å². The molecule has 0 bridgehead atoms. The zero-order valence-electron chi connectivity index (χ0n) is 17.0. The van der Waals surface area contributed by atoms with Gasteiger partial charge in [0.05, 0.1) is 28.9 Å². The third-order valence-electron chi connectivity index (χ3n) is 4.63. The van der Waals surface area contributed by atoms with E-state index >= 15 is 0 Å². The second-order valence-electron chi connectivity index (χ2n) is 6.65. The number of carbonyl (C=O) groups excluding carboxylic acids is 1. The fourth-order valence-corrected chi connectivity index (χ4v) is 3.35. The average molecular weight is 427 g/mol. The molecule has 0 spiro atoms. The Balaban J connectivity index is 0.00000256. The number of aromatic nitrogens is 3. The number of nitrogens with one attached hydrogen (secondary N) is 1. The molecule has 30 heavy (non-hydrogen) atoms. The van der Waals surface area contributed by atoms with Gasteiger partial charge in [0.1, 0.15) is 5.75 Å². The zero-order chi connectivity index (χ0) is 20.4. The molecule has 0 amide bonds. The standard InChI is InChI=1S/C22H22N4O3.ClH/c1-4-28-19(27)13-29-16-11-9-15(10-12-16)23-21-17-7-5-6-8-18(17)24-22-20(21)14(2)25-26(22)3;/h5-12H,4,13H2,1-3H3,(H,23,24);1H. The number of para-hydroxylation sites is 1. The van der Waals surface area contributed by atoms with Gasteiger partial charge in [-0.25, -0.2) is 9.78 Å². The monoisotopic (exact) mass is 426 g/mol. The van der Waals surface area contributed by atoms with Crippen LogP contribution in [-0.4, -0.2) is 33.9 Å². The van der Waals surface area contributed by atoms with Gasteiger partial charge < -0.3 is 14.8 Å². The lowest BCUT2D eigenvalue weighted by Crippen LogP contribution is -2.14. The van der Waals surface area contributed by atoms with Crippen LogP contribution in [0.15, 0.2) is 48.5 Å². The number of rotatable bonds is 6. The van der Waals surface area contributed by atoms with Crippen molar-refractivity contribution in [1.29, 1.82) is 0 Å².